The lowest BCUT2D eigenvalue weighted by Gasteiger charge is -2.08. The van der Waals surface area contributed by atoms with Gasteiger partial charge in [0.05, 0.1) is 0 Å². The second kappa shape index (κ2) is 8.62. The number of ketones is 1. The number of amides is 3. The van der Waals surface area contributed by atoms with E-state index in [0.29, 0.717) is 16.1 Å². The number of rotatable bonds is 4. The molecule has 0 aliphatic rings. The van der Waals surface area contributed by atoms with Crippen molar-refractivity contribution in [1.82, 2.24) is 5.32 Å². The molecule has 0 unspecified atom stereocenters. The first-order valence-electron chi connectivity index (χ1n) is 8.32. The highest BCUT2D eigenvalue weighted by Crippen LogP contribution is 2.16. The number of imide groups is 1. The first-order chi connectivity index (χ1) is 13.8. The van der Waals surface area contributed by atoms with E-state index in [1.165, 1.54) is 24.3 Å². The zero-order valence-corrected chi connectivity index (χ0v) is 15.5. The topological polar surface area (TPSA) is 75.3 Å². The van der Waals surface area contributed by atoms with Crippen LogP contribution in [0.25, 0.3) is 0 Å². The summed E-state index contributed by atoms with van der Waals surface area (Å²) in [5, 5.41) is 4.71. The molecule has 0 heterocycles. The second-order valence-corrected chi connectivity index (χ2v) is 6.35. The summed E-state index contributed by atoms with van der Waals surface area (Å²) in [6.07, 6.45) is 0. The number of hydrogen-bond acceptors (Lipinski definition) is 3. The van der Waals surface area contributed by atoms with E-state index in [2.05, 4.69) is 5.32 Å². The van der Waals surface area contributed by atoms with Crippen molar-refractivity contribution in [2.24, 2.45) is 0 Å². The molecule has 0 aromatic heterocycles. The quantitative estimate of drug-likeness (QED) is 0.601. The molecule has 0 spiro atoms. The van der Waals surface area contributed by atoms with Gasteiger partial charge in [0.25, 0.3) is 5.91 Å². The maximum absolute atomic E-state index is 13.6. The Balaban J connectivity index is 1.65. The molecule has 0 aliphatic heterocycles. The fraction of sp³-hybridized carbons (Fsp3) is 0. The fourth-order valence-corrected chi connectivity index (χ4v) is 2.64. The maximum atomic E-state index is 13.6. The van der Waals surface area contributed by atoms with Crippen LogP contribution in [-0.4, -0.2) is 17.7 Å². The molecule has 146 valence electrons. The zero-order chi connectivity index (χ0) is 21.0. The molecule has 3 aromatic carbocycles. The summed E-state index contributed by atoms with van der Waals surface area (Å²) in [4.78, 5) is 36.2. The van der Waals surface area contributed by atoms with E-state index in [9.17, 15) is 23.2 Å². The second-order valence-electron chi connectivity index (χ2n) is 5.92. The third kappa shape index (κ3) is 4.83. The normalized spacial score (nSPS) is 10.3. The molecule has 0 fully saturated rings. The minimum absolute atomic E-state index is 0.233. The highest BCUT2D eigenvalue weighted by Gasteiger charge is 2.19. The number of urea groups is 1. The van der Waals surface area contributed by atoms with Crippen molar-refractivity contribution in [3.63, 3.8) is 0 Å². The highest BCUT2D eigenvalue weighted by atomic mass is 35.5. The van der Waals surface area contributed by atoms with Gasteiger partial charge in [0.15, 0.2) is 5.78 Å². The largest absolute Gasteiger partial charge is 0.326 e. The van der Waals surface area contributed by atoms with Crippen molar-refractivity contribution in [2.45, 2.75) is 0 Å². The Hall–Kier alpha value is -3.58. The summed E-state index contributed by atoms with van der Waals surface area (Å²) < 4.78 is 27.2. The van der Waals surface area contributed by atoms with Crippen LogP contribution < -0.4 is 10.6 Å². The Morgan fingerprint density at radius 2 is 1.28 bits per heavy atom. The molecule has 0 radical (unpaired) electrons. The van der Waals surface area contributed by atoms with Gasteiger partial charge in [-0.2, -0.15) is 0 Å². The van der Waals surface area contributed by atoms with Gasteiger partial charge in [0.2, 0.25) is 0 Å². The van der Waals surface area contributed by atoms with Gasteiger partial charge < -0.3 is 5.32 Å². The molecule has 0 bridgehead atoms. The lowest BCUT2D eigenvalue weighted by Crippen LogP contribution is -2.35. The summed E-state index contributed by atoms with van der Waals surface area (Å²) in [5.74, 6) is -3.61. The Kier molecular flexibility index (Phi) is 5.99. The van der Waals surface area contributed by atoms with Crippen LogP contribution >= 0.6 is 11.6 Å². The van der Waals surface area contributed by atoms with Crippen LogP contribution in [0.2, 0.25) is 5.02 Å². The Bertz CT molecular complexity index is 1060. The molecule has 5 nitrogen and oxygen atoms in total. The maximum Gasteiger partial charge on any atom is 0.326 e. The van der Waals surface area contributed by atoms with Crippen LogP contribution in [-0.2, 0) is 0 Å². The van der Waals surface area contributed by atoms with Crippen LogP contribution in [0.15, 0.2) is 66.7 Å². The molecule has 29 heavy (non-hydrogen) atoms. The molecule has 0 saturated heterocycles. The summed E-state index contributed by atoms with van der Waals surface area (Å²) in [6.45, 7) is 0. The van der Waals surface area contributed by atoms with Crippen molar-refractivity contribution in [3.05, 3.63) is 100 Å². The average molecular weight is 415 g/mol. The standard InChI is InChI=1S/C21H13ClF2N2O3/c22-14-8-4-12(5-9-14)19(27)13-6-10-15(11-7-13)25-21(29)26-20(28)18-16(23)2-1-3-17(18)24/h1-11H,(H2,25,26,28,29). The number of carbonyl (C=O) groups excluding carboxylic acids is 3. The van der Waals surface area contributed by atoms with Gasteiger partial charge >= 0.3 is 6.03 Å². The van der Waals surface area contributed by atoms with Crippen molar-refractivity contribution < 1.29 is 23.2 Å². The minimum Gasteiger partial charge on any atom is -0.308 e. The number of carbonyl (C=O) groups is 3. The summed E-state index contributed by atoms with van der Waals surface area (Å²) in [7, 11) is 0. The van der Waals surface area contributed by atoms with E-state index >= 15 is 0 Å². The molecule has 0 aliphatic carbocycles. The van der Waals surface area contributed by atoms with Crippen LogP contribution in [0, 0.1) is 11.6 Å². The summed E-state index contributed by atoms with van der Waals surface area (Å²) >= 11 is 5.80. The van der Waals surface area contributed by atoms with Gasteiger partial charge in [-0.15, -0.1) is 0 Å². The minimum atomic E-state index is -1.22. The van der Waals surface area contributed by atoms with Gasteiger partial charge in [0, 0.05) is 21.8 Å². The van der Waals surface area contributed by atoms with E-state index in [4.69, 9.17) is 11.6 Å². The lowest BCUT2D eigenvalue weighted by molar-refractivity contribution is 0.0958. The molecular weight excluding hydrogens is 402 g/mol. The molecule has 3 amide bonds. The molecular formula is C21H13ClF2N2O3. The van der Waals surface area contributed by atoms with E-state index in [-0.39, 0.29) is 11.5 Å². The number of nitrogens with one attached hydrogen (secondary N) is 2. The monoisotopic (exact) mass is 414 g/mol. The number of hydrogen-bond donors (Lipinski definition) is 2. The highest BCUT2D eigenvalue weighted by molar-refractivity contribution is 6.30. The average Bonchev–Trinajstić information content (AvgIpc) is 2.68. The van der Waals surface area contributed by atoms with Gasteiger partial charge in [-0.1, -0.05) is 17.7 Å². The molecule has 3 rings (SSSR count). The first-order valence-corrected chi connectivity index (χ1v) is 8.69. The van der Waals surface area contributed by atoms with Gasteiger partial charge in [0.1, 0.15) is 17.2 Å². The van der Waals surface area contributed by atoms with Gasteiger partial charge in [-0.05, 0) is 60.7 Å². The molecule has 8 heteroatoms. The van der Waals surface area contributed by atoms with Crippen molar-refractivity contribution >= 4 is 35.0 Å². The van der Waals surface area contributed by atoms with Gasteiger partial charge in [-0.25, -0.2) is 13.6 Å². The molecule has 2 N–H and O–H groups in total. The van der Waals surface area contributed by atoms with Crippen molar-refractivity contribution in [1.29, 1.82) is 0 Å². The van der Waals surface area contributed by atoms with Crippen molar-refractivity contribution in [3.8, 4) is 0 Å². The smallest absolute Gasteiger partial charge is 0.308 e. The summed E-state index contributed by atoms with van der Waals surface area (Å²) in [5.41, 5.74) is 0.247. The van der Waals surface area contributed by atoms with Crippen LogP contribution in [0.4, 0.5) is 19.3 Å². The predicted molar refractivity (Wildman–Crippen MR) is 104 cm³/mol. The van der Waals surface area contributed by atoms with Gasteiger partial charge in [-0.3, -0.25) is 14.9 Å². The lowest BCUT2D eigenvalue weighted by atomic mass is 10.0. The van der Waals surface area contributed by atoms with Crippen molar-refractivity contribution in [2.75, 3.05) is 5.32 Å². The van der Waals surface area contributed by atoms with E-state index in [1.807, 2.05) is 5.32 Å². The number of anilines is 1. The number of benzene rings is 3. The SMILES string of the molecule is O=C(NC(=O)c1c(F)cccc1F)Nc1ccc(C(=O)c2ccc(Cl)cc2)cc1. The molecule has 0 saturated carbocycles. The van der Waals surface area contributed by atoms with Crippen LogP contribution in [0.3, 0.4) is 0 Å². The fourth-order valence-electron chi connectivity index (χ4n) is 2.52. The Morgan fingerprint density at radius 3 is 1.83 bits per heavy atom. The predicted octanol–water partition coefficient (Wildman–Crippen LogP) is 4.81. The van der Waals surface area contributed by atoms with Crippen LogP contribution in [0.5, 0.6) is 0 Å². The summed E-state index contributed by atoms with van der Waals surface area (Å²) in [6, 6.07) is 14.2. The van der Waals surface area contributed by atoms with Crippen LogP contribution in [0.1, 0.15) is 26.3 Å². The number of halogens is 3. The van der Waals surface area contributed by atoms with E-state index in [1.54, 1.807) is 24.3 Å². The third-order valence-electron chi connectivity index (χ3n) is 3.93. The Labute approximate surface area is 169 Å². The first kappa shape index (κ1) is 20.2. The molecule has 3 aromatic rings. The van der Waals surface area contributed by atoms with E-state index in [0.717, 1.165) is 18.2 Å². The Morgan fingerprint density at radius 1 is 0.759 bits per heavy atom. The molecule has 0 atom stereocenters. The third-order valence-corrected chi connectivity index (χ3v) is 4.18. The zero-order valence-electron chi connectivity index (χ0n) is 14.7. The van der Waals surface area contributed by atoms with E-state index < -0.39 is 29.1 Å².